The van der Waals surface area contributed by atoms with Gasteiger partial charge in [-0.1, -0.05) is 45.0 Å². The van der Waals surface area contributed by atoms with Crippen molar-refractivity contribution in [1.82, 2.24) is 10.6 Å². The molecule has 0 unspecified atom stereocenters. The summed E-state index contributed by atoms with van der Waals surface area (Å²) in [6, 6.07) is 9.72. The summed E-state index contributed by atoms with van der Waals surface area (Å²) in [5, 5.41) is 7.68. The molecular formula is C22H26F3N3O2. The van der Waals surface area contributed by atoms with E-state index in [2.05, 4.69) is 22.9 Å². The van der Waals surface area contributed by atoms with E-state index in [1.807, 2.05) is 38.1 Å². The van der Waals surface area contributed by atoms with Crippen LogP contribution >= 0.6 is 0 Å². The van der Waals surface area contributed by atoms with Crippen molar-refractivity contribution >= 4 is 17.5 Å². The van der Waals surface area contributed by atoms with Gasteiger partial charge >= 0.3 is 0 Å². The van der Waals surface area contributed by atoms with Gasteiger partial charge in [0.2, 0.25) is 11.8 Å². The van der Waals surface area contributed by atoms with Crippen LogP contribution in [0.1, 0.15) is 37.9 Å². The average molecular weight is 421 g/mol. The summed E-state index contributed by atoms with van der Waals surface area (Å²) in [5.41, 5.74) is 1.78. The first-order valence-corrected chi connectivity index (χ1v) is 9.75. The van der Waals surface area contributed by atoms with Crippen molar-refractivity contribution in [2.24, 2.45) is 5.92 Å². The molecule has 1 atom stereocenters. The van der Waals surface area contributed by atoms with E-state index in [1.54, 1.807) is 0 Å². The largest absolute Gasteiger partial charge is 0.346 e. The minimum absolute atomic E-state index is 0.0226. The zero-order chi connectivity index (χ0) is 22.3. The molecular weight excluding hydrogens is 395 g/mol. The van der Waals surface area contributed by atoms with Gasteiger partial charge < -0.3 is 16.0 Å². The Balaban J connectivity index is 1.85. The minimum Gasteiger partial charge on any atom is -0.346 e. The van der Waals surface area contributed by atoms with Gasteiger partial charge in [0.15, 0.2) is 17.5 Å². The summed E-state index contributed by atoms with van der Waals surface area (Å²) in [4.78, 5) is 24.0. The number of halogens is 3. The van der Waals surface area contributed by atoms with E-state index in [0.717, 1.165) is 18.1 Å². The maximum atomic E-state index is 13.6. The molecule has 0 aliphatic heterocycles. The van der Waals surface area contributed by atoms with Crippen LogP contribution in [0, 0.1) is 23.4 Å². The maximum Gasteiger partial charge on any atom is 0.243 e. The van der Waals surface area contributed by atoms with E-state index in [4.69, 9.17) is 0 Å². The zero-order valence-corrected chi connectivity index (χ0v) is 17.2. The Morgan fingerprint density at radius 1 is 0.900 bits per heavy atom. The van der Waals surface area contributed by atoms with Crippen molar-refractivity contribution in [3.63, 3.8) is 0 Å². The Morgan fingerprint density at radius 3 is 2.17 bits per heavy atom. The molecule has 30 heavy (non-hydrogen) atoms. The van der Waals surface area contributed by atoms with E-state index in [1.165, 1.54) is 5.56 Å². The van der Waals surface area contributed by atoms with Crippen LogP contribution in [-0.2, 0) is 16.0 Å². The van der Waals surface area contributed by atoms with Gasteiger partial charge in [-0.2, -0.15) is 0 Å². The number of amides is 2. The molecule has 2 rings (SSSR count). The normalized spacial score (nSPS) is 12.0. The number of benzene rings is 2. The Labute approximate surface area is 174 Å². The van der Waals surface area contributed by atoms with E-state index in [0.29, 0.717) is 6.07 Å². The van der Waals surface area contributed by atoms with Crippen LogP contribution < -0.4 is 16.0 Å². The standard InChI is InChI=1S/C22H26F3N3O2/c1-4-14-5-7-15(8-6-14)22(13(2)3)27-11-18(29)26-12-19(30)28-17-10-9-16(23)20(24)21(17)25/h5-10,13,22,27H,4,11-12H2,1-3H3,(H,26,29)(H,28,30)/t22-/m0/s1. The van der Waals surface area contributed by atoms with Crippen LogP contribution in [0.5, 0.6) is 0 Å². The SMILES string of the molecule is CCc1ccc([C@@H](NCC(=O)NCC(=O)Nc2ccc(F)c(F)c2F)C(C)C)cc1. The fourth-order valence-corrected chi connectivity index (χ4v) is 2.96. The summed E-state index contributed by atoms with van der Waals surface area (Å²) in [6.07, 6.45) is 0.943. The second-order valence-electron chi connectivity index (χ2n) is 7.25. The van der Waals surface area contributed by atoms with Crippen molar-refractivity contribution in [3.05, 3.63) is 65.0 Å². The molecule has 0 aliphatic carbocycles. The van der Waals surface area contributed by atoms with Crippen LogP contribution in [0.25, 0.3) is 0 Å². The lowest BCUT2D eigenvalue weighted by atomic mass is 9.95. The smallest absolute Gasteiger partial charge is 0.243 e. The highest BCUT2D eigenvalue weighted by atomic mass is 19.2. The third-order valence-corrected chi connectivity index (χ3v) is 4.65. The summed E-state index contributed by atoms with van der Waals surface area (Å²) in [5.74, 6) is -5.48. The predicted octanol–water partition coefficient (Wildman–Crippen LogP) is 3.71. The number of nitrogens with one attached hydrogen (secondary N) is 3. The van der Waals surface area contributed by atoms with Crippen LogP contribution in [0.4, 0.5) is 18.9 Å². The highest BCUT2D eigenvalue weighted by molar-refractivity contribution is 5.94. The molecule has 2 aromatic carbocycles. The molecule has 0 saturated carbocycles. The van der Waals surface area contributed by atoms with Gasteiger partial charge in [-0.25, -0.2) is 13.2 Å². The molecule has 2 aromatic rings. The Morgan fingerprint density at radius 2 is 1.57 bits per heavy atom. The average Bonchev–Trinajstić information content (AvgIpc) is 2.73. The molecule has 162 valence electrons. The number of carbonyl (C=O) groups is 2. The van der Waals surface area contributed by atoms with Crippen molar-refractivity contribution in [3.8, 4) is 0 Å². The van der Waals surface area contributed by atoms with Crippen molar-refractivity contribution < 1.29 is 22.8 Å². The molecule has 2 amide bonds. The molecule has 5 nitrogen and oxygen atoms in total. The number of hydrogen-bond acceptors (Lipinski definition) is 3. The molecule has 8 heteroatoms. The lowest BCUT2D eigenvalue weighted by Gasteiger charge is -2.23. The number of aryl methyl sites for hydroxylation is 1. The van der Waals surface area contributed by atoms with Crippen LogP contribution in [0.15, 0.2) is 36.4 Å². The number of rotatable bonds is 9. The lowest BCUT2D eigenvalue weighted by molar-refractivity contribution is -0.123. The molecule has 0 saturated heterocycles. The van der Waals surface area contributed by atoms with Gasteiger partial charge in [0, 0.05) is 6.04 Å². The van der Waals surface area contributed by atoms with Gasteiger partial charge in [-0.15, -0.1) is 0 Å². The second-order valence-corrected chi connectivity index (χ2v) is 7.25. The van der Waals surface area contributed by atoms with E-state index >= 15 is 0 Å². The highest BCUT2D eigenvalue weighted by Gasteiger charge is 2.18. The monoisotopic (exact) mass is 421 g/mol. The lowest BCUT2D eigenvalue weighted by Crippen LogP contribution is -2.40. The first kappa shape index (κ1) is 23.4. The van der Waals surface area contributed by atoms with Crippen molar-refractivity contribution in [2.45, 2.75) is 33.2 Å². The van der Waals surface area contributed by atoms with Crippen LogP contribution in [-0.4, -0.2) is 24.9 Å². The third-order valence-electron chi connectivity index (χ3n) is 4.65. The summed E-state index contributed by atoms with van der Waals surface area (Å²) >= 11 is 0. The van der Waals surface area contributed by atoms with Crippen LogP contribution in [0.3, 0.4) is 0 Å². The van der Waals surface area contributed by atoms with Gasteiger partial charge in [0.25, 0.3) is 0 Å². The van der Waals surface area contributed by atoms with Crippen LogP contribution in [0.2, 0.25) is 0 Å². The van der Waals surface area contributed by atoms with Gasteiger partial charge in [-0.05, 0) is 35.6 Å². The van der Waals surface area contributed by atoms with Gasteiger partial charge in [-0.3, -0.25) is 9.59 Å². The molecule has 3 N–H and O–H groups in total. The molecule has 0 spiro atoms. The minimum atomic E-state index is -1.67. The van der Waals surface area contributed by atoms with Crippen molar-refractivity contribution in [1.29, 1.82) is 0 Å². The maximum absolute atomic E-state index is 13.6. The van der Waals surface area contributed by atoms with E-state index < -0.39 is 41.5 Å². The Hall–Kier alpha value is -2.87. The molecule has 0 heterocycles. The molecule has 0 aromatic heterocycles. The zero-order valence-electron chi connectivity index (χ0n) is 17.2. The molecule has 0 radical (unpaired) electrons. The number of anilines is 1. The predicted molar refractivity (Wildman–Crippen MR) is 109 cm³/mol. The summed E-state index contributed by atoms with van der Waals surface area (Å²) < 4.78 is 39.7. The Kier molecular flexibility index (Phi) is 8.41. The second kappa shape index (κ2) is 10.8. The molecule has 0 aliphatic rings. The fourth-order valence-electron chi connectivity index (χ4n) is 2.96. The van der Waals surface area contributed by atoms with E-state index in [-0.39, 0.29) is 18.5 Å². The highest BCUT2D eigenvalue weighted by Crippen LogP contribution is 2.22. The summed E-state index contributed by atoms with van der Waals surface area (Å²) in [7, 11) is 0. The fraction of sp³-hybridized carbons (Fsp3) is 0.364. The molecule has 0 bridgehead atoms. The molecule has 0 fully saturated rings. The first-order chi connectivity index (χ1) is 14.2. The quantitative estimate of drug-likeness (QED) is 0.541. The van der Waals surface area contributed by atoms with Gasteiger partial charge in [0.1, 0.15) is 0 Å². The van der Waals surface area contributed by atoms with Gasteiger partial charge in [0.05, 0.1) is 18.8 Å². The number of hydrogen-bond donors (Lipinski definition) is 3. The Bertz CT molecular complexity index is 886. The number of carbonyl (C=O) groups excluding carboxylic acids is 2. The van der Waals surface area contributed by atoms with E-state index in [9.17, 15) is 22.8 Å². The topological polar surface area (TPSA) is 70.2 Å². The van der Waals surface area contributed by atoms with Crippen molar-refractivity contribution in [2.75, 3.05) is 18.4 Å². The summed E-state index contributed by atoms with van der Waals surface area (Å²) in [6.45, 7) is 5.69. The third kappa shape index (κ3) is 6.32. The first-order valence-electron chi connectivity index (χ1n) is 9.75.